The van der Waals surface area contributed by atoms with Crippen molar-refractivity contribution in [3.63, 3.8) is 0 Å². The summed E-state index contributed by atoms with van der Waals surface area (Å²) in [5.41, 5.74) is 0.475. The SMILES string of the molecule is CC(=O)SCC1CC(=O)N(c2ccc(N3CCN(C(=O)OC(C)(C)C)CC3)cn2)C1. The summed E-state index contributed by atoms with van der Waals surface area (Å²) in [6.45, 7) is 10.3. The summed E-state index contributed by atoms with van der Waals surface area (Å²) in [6.07, 6.45) is 1.96. The number of ether oxygens (including phenoxy) is 1. The van der Waals surface area contributed by atoms with Crippen LogP contribution in [0.2, 0.25) is 0 Å². The van der Waals surface area contributed by atoms with Crippen molar-refractivity contribution < 1.29 is 19.1 Å². The summed E-state index contributed by atoms with van der Waals surface area (Å²) < 4.78 is 5.44. The summed E-state index contributed by atoms with van der Waals surface area (Å²) in [5, 5.41) is 0.0788. The standard InChI is InChI=1S/C21H30N4O4S/c1-15(26)30-14-16-11-19(27)25(13-16)18-6-5-17(12-22-18)23-7-9-24(10-8-23)20(28)29-21(2,3)4/h5-6,12,16H,7-11,13-14H2,1-4H3. The first-order valence-corrected chi connectivity index (χ1v) is 11.2. The zero-order chi connectivity index (χ0) is 21.9. The highest BCUT2D eigenvalue weighted by Gasteiger charge is 2.32. The smallest absolute Gasteiger partial charge is 0.410 e. The molecule has 3 heterocycles. The summed E-state index contributed by atoms with van der Waals surface area (Å²) in [7, 11) is 0. The predicted octanol–water partition coefficient (Wildman–Crippen LogP) is 2.77. The third-order valence-corrected chi connectivity index (χ3v) is 6.08. The molecule has 2 fully saturated rings. The molecule has 164 valence electrons. The lowest BCUT2D eigenvalue weighted by atomic mass is 10.1. The average molecular weight is 435 g/mol. The van der Waals surface area contributed by atoms with Gasteiger partial charge in [0.05, 0.1) is 11.9 Å². The second kappa shape index (κ2) is 9.24. The molecule has 30 heavy (non-hydrogen) atoms. The number of thioether (sulfide) groups is 1. The van der Waals surface area contributed by atoms with Gasteiger partial charge in [0.1, 0.15) is 11.4 Å². The molecule has 8 nitrogen and oxygen atoms in total. The maximum atomic E-state index is 12.3. The Morgan fingerprint density at radius 2 is 1.90 bits per heavy atom. The molecule has 1 aromatic heterocycles. The van der Waals surface area contributed by atoms with Crippen LogP contribution in [0, 0.1) is 5.92 Å². The van der Waals surface area contributed by atoms with E-state index in [2.05, 4.69) is 9.88 Å². The van der Waals surface area contributed by atoms with Crippen molar-refractivity contribution in [3.05, 3.63) is 18.3 Å². The van der Waals surface area contributed by atoms with Gasteiger partial charge in [0.15, 0.2) is 5.12 Å². The van der Waals surface area contributed by atoms with E-state index >= 15 is 0 Å². The van der Waals surface area contributed by atoms with E-state index in [9.17, 15) is 14.4 Å². The Bertz CT molecular complexity index is 785. The number of aromatic nitrogens is 1. The third kappa shape index (κ3) is 5.87. The van der Waals surface area contributed by atoms with E-state index in [1.165, 1.54) is 11.8 Å². The quantitative estimate of drug-likeness (QED) is 0.720. The number of piperazine rings is 1. The Labute approximate surface area is 181 Å². The Morgan fingerprint density at radius 1 is 1.20 bits per heavy atom. The van der Waals surface area contributed by atoms with Crippen molar-refractivity contribution in [1.82, 2.24) is 9.88 Å². The van der Waals surface area contributed by atoms with Gasteiger partial charge in [0.2, 0.25) is 5.91 Å². The fourth-order valence-electron chi connectivity index (χ4n) is 3.55. The molecule has 9 heteroatoms. The van der Waals surface area contributed by atoms with Crippen molar-refractivity contribution in [3.8, 4) is 0 Å². The second-order valence-electron chi connectivity index (χ2n) is 8.71. The minimum Gasteiger partial charge on any atom is -0.444 e. The van der Waals surface area contributed by atoms with Crippen LogP contribution in [0.3, 0.4) is 0 Å². The number of nitrogens with zero attached hydrogens (tertiary/aromatic N) is 4. The Kier molecular flexibility index (Phi) is 6.90. The first kappa shape index (κ1) is 22.4. The van der Waals surface area contributed by atoms with E-state index in [4.69, 9.17) is 4.74 Å². The van der Waals surface area contributed by atoms with Crippen molar-refractivity contribution in [2.45, 2.75) is 39.7 Å². The number of anilines is 2. The van der Waals surface area contributed by atoms with Gasteiger partial charge in [-0.25, -0.2) is 9.78 Å². The van der Waals surface area contributed by atoms with Crippen LogP contribution in [-0.2, 0) is 14.3 Å². The predicted molar refractivity (Wildman–Crippen MR) is 118 cm³/mol. The zero-order valence-corrected chi connectivity index (χ0v) is 18.9. The minimum atomic E-state index is -0.495. The molecule has 1 aromatic rings. The van der Waals surface area contributed by atoms with Crippen LogP contribution in [-0.4, -0.2) is 71.1 Å². The Balaban J connectivity index is 1.53. The van der Waals surface area contributed by atoms with Gasteiger partial charge < -0.3 is 14.5 Å². The van der Waals surface area contributed by atoms with Gasteiger partial charge in [-0.05, 0) is 38.8 Å². The molecule has 0 spiro atoms. The van der Waals surface area contributed by atoms with E-state index in [1.54, 1.807) is 22.9 Å². The van der Waals surface area contributed by atoms with Gasteiger partial charge in [0, 0.05) is 51.8 Å². The third-order valence-electron chi connectivity index (χ3n) is 5.03. The number of carbonyl (C=O) groups is 3. The van der Waals surface area contributed by atoms with Gasteiger partial charge >= 0.3 is 6.09 Å². The van der Waals surface area contributed by atoms with Crippen LogP contribution >= 0.6 is 11.8 Å². The van der Waals surface area contributed by atoms with Gasteiger partial charge in [-0.15, -0.1) is 0 Å². The highest BCUT2D eigenvalue weighted by Crippen LogP contribution is 2.27. The van der Waals surface area contributed by atoms with Crippen molar-refractivity contribution in [1.29, 1.82) is 0 Å². The molecule has 0 aromatic carbocycles. The maximum Gasteiger partial charge on any atom is 0.410 e. The fraction of sp³-hybridized carbons (Fsp3) is 0.619. The van der Waals surface area contributed by atoms with E-state index in [-0.39, 0.29) is 23.0 Å². The van der Waals surface area contributed by atoms with Gasteiger partial charge in [-0.2, -0.15) is 0 Å². The average Bonchev–Trinajstić information content (AvgIpc) is 3.06. The molecule has 0 saturated carbocycles. The van der Waals surface area contributed by atoms with Gasteiger partial charge in [-0.1, -0.05) is 11.8 Å². The molecule has 2 aliphatic rings. The molecule has 3 rings (SSSR count). The van der Waals surface area contributed by atoms with E-state index in [0.29, 0.717) is 50.7 Å². The largest absolute Gasteiger partial charge is 0.444 e. The van der Waals surface area contributed by atoms with E-state index in [1.807, 2.05) is 32.9 Å². The van der Waals surface area contributed by atoms with Crippen LogP contribution in [0.5, 0.6) is 0 Å². The van der Waals surface area contributed by atoms with E-state index in [0.717, 1.165) is 5.69 Å². The van der Waals surface area contributed by atoms with Gasteiger partial charge in [0.25, 0.3) is 0 Å². The molecule has 2 amide bonds. The van der Waals surface area contributed by atoms with Crippen LogP contribution in [0.15, 0.2) is 18.3 Å². The highest BCUT2D eigenvalue weighted by molar-refractivity contribution is 8.13. The lowest BCUT2D eigenvalue weighted by Crippen LogP contribution is -2.50. The summed E-state index contributed by atoms with van der Waals surface area (Å²) in [4.78, 5) is 45.8. The fourth-order valence-corrected chi connectivity index (χ4v) is 4.24. The van der Waals surface area contributed by atoms with Crippen LogP contribution < -0.4 is 9.80 Å². The topological polar surface area (TPSA) is 83.1 Å². The zero-order valence-electron chi connectivity index (χ0n) is 18.1. The first-order valence-electron chi connectivity index (χ1n) is 10.2. The van der Waals surface area contributed by atoms with Crippen molar-refractivity contribution >= 4 is 40.4 Å². The Morgan fingerprint density at radius 3 is 2.47 bits per heavy atom. The molecule has 2 aliphatic heterocycles. The van der Waals surface area contributed by atoms with Crippen LogP contribution in [0.4, 0.5) is 16.3 Å². The van der Waals surface area contributed by atoms with Gasteiger partial charge in [-0.3, -0.25) is 14.5 Å². The lowest BCUT2D eigenvalue weighted by molar-refractivity contribution is -0.117. The molecular weight excluding hydrogens is 404 g/mol. The normalized spacial score (nSPS) is 19.9. The van der Waals surface area contributed by atoms with Crippen LogP contribution in [0.25, 0.3) is 0 Å². The molecule has 0 aliphatic carbocycles. The number of rotatable bonds is 4. The first-order chi connectivity index (χ1) is 14.1. The molecule has 1 atom stereocenters. The highest BCUT2D eigenvalue weighted by atomic mass is 32.2. The molecule has 0 N–H and O–H groups in total. The monoisotopic (exact) mass is 434 g/mol. The maximum absolute atomic E-state index is 12.3. The van der Waals surface area contributed by atoms with Crippen LogP contribution in [0.1, 0.15) is 34.1 Å². The van der Waals surface area contributed by atoms with Crippen molar-refractivity contribution in [2.75, 3.05) is 48.3 Å². The molecule has 2 saturated heterocycles. The molecule has 0 bridgehead atoms. The molecule has 0 radical (unpaired) electrons. The molecular formula is C21H30N4O4S. The number of pyridine rings is 1. The lowest BCUT2D eigenvalue weighted by Gasteiger charge is -2.36. The summed E-state index contributed by atoms with van der Waals surface area (Å²) >= 11 is 1.27. The molecule has 1 unspecified atom stereocenters. The number of carbonyl (C=O) groups excluding carboxylic acids is 3. The number of hydrogen-bond donors (Lipinski definition) is 0. The Hall–Kier alpha value is -2.29. The van der Waals surface area contributed by atoms with E-state index < -0.39 is 5.60 Å². The van der Waals surface area contributed by atoms with Crippen molar-refractivity contribution in [2.24, 2.45) is 5.92 Å². The number of hydrogen-bond acceptors (Lipinski definition) is 7. The number of amides is 2. The minimum absolute atomic E-state index is 0.0513. The second-order valence-corrected chi connectivity index (χ2v) is 9.90. The summed E-state index contributed by atoms with van der Waals surface area (Å²) in [6, 6.07) is 3.84. The summed E-state index contributed by atoms with van der Waals surface area (Å²) in [5.74, 6) is 1.54.